The van der Waals surface area contributed by atoms with Crippen molar-refractivity contribution in [1.82, 2.24) is 9.97 Å². The molecular formula is C128H87FN6O3. The highest BCUT2D eigenvalue weighted by Crippen LogP contribution is 2.59. The Hall–Kier alpha value is -18.0. The number of benzene rings is 21. The second-order valence-electron chi connectivity index (χ2n) is 35.9. The molecule has 3 aromatic heterocycles. The number of aryl methyl sites for hydroxylation is 4. The van der Waals surface area contributed by atoms with E-state index in [1.54, 1.807) is 6.07 Å². The van der Waals surface area contributed by atoms with Gasteiger partial charge in [-0.3, -0.25) is 9.80 Å². The Morgan fingerprint density at radius 3 is 1.12 bits per heavy atom. The standard InChI is InChI=1S/C67H46FN3O.C61H41N3O2/c1-43-30-32-52-55(35-43)56-41-59-53-33-31-50(70(65-29-17-18-34-69-65)61-28-16-15-27-51(61)46-21-9-4-10-22-46)40-63(53)72-64-37-44(2)36-58(66(59)64)57(56)42-62(52)71(49-25-13-6-14-26-49)67-54(47-23-11-5-12-24-47)38-48(39-60(67)68)45-19-7-3-8-20-45;1-38-27-29-44-48(32-38)49-36-52-46-30-28-42(64(59-26-13-14-31-62-59)53-23-11-9-20-43(53)40-16-5-3-6-17-40)35-57(46)65-58-34-39(2)33-51(60(52)58)50(49)37-55(44)63(41-18-7-4-8-19-41)54-24-15-22-47-45-21-10-12-25-56(45)66-61(47)54/h3-42H,1-2H3;3-37H,1-2H3. The summed E-state index contributed by atoms with van der Waals surface area (Å²) in [6.45, 7) is 8.62. The molecule has 0 spiro atoms. The average molecular weight is 1780 g/mol. The van der Waals surface area contributed by atoms with Crippen molar-refractivity contribution in [1.29, 1.82) is 0 Å². The Balaban J connectivity index is 0.000000147. The van der Waals surface area contributed by atoms with Crippen LogP contribution >= 0.6 is 0 Å². The summed E-state index contributed by atoms with van der Waals surface area (Å²) in [4.78, 5) is 18.7. The fourth-order valence-corrected chi connectivity index (χ4v) is 21.0. The van der Waals surface area contributed by atoms with Crippen molar-refractivity contribution in [3.8, 4) is 89.8 Å². The van der Waals surface area contributed by atoms with E-state index in [1.807, 2.05) is 122 Å². The minimum absolute atomic E-state index is 0.318. The maximum absolute atomic E-state index is 17.8. The number of ether oxygens (including phenoxy) is 2. The van der Waals surface area contributed by atoms with E-state index in [-0.39, 0.29) is 5.82 Å². The first-order chi connectivity index (χ1) is 68.0. The Bertz CT molecular complexity index is 8960. The van der Waals surface area contributed by atoms with Gasteiger partial charge in [-0.1, -0.05) is 296 Å². The van der Waals surface area contributed by atoms with Crippen LogP contribution in [0.15, 0.2) is 460 Å². The maximum atomic E-state index is 17.8. The minimum Gasteiger partial charge on any atom is -0.456 e. The van der Waals surface area contributed by atoms with Crippen LogP contribution in [-0.4, -0.2) is 9.97 Å². The third-order valence-corrected chi connectivity index (χ3v) is 27.1. The van der Waals surface area contributed by atoms with Gasteiger partial charge in [-0.05, 0) is 266 Å². The summed E-state index contributed by atoms with van der Waals surface area (Å²) in [6, 6.07) is 155. The van der Waals surface area contributed by atoms with Crippen molar-refractivity contribution >= 4 is 155 Å². The number of furan rings is 1. The Morgan fingerprint density at radius 1 is 0.217 bits per heavy atom. The van der Waals surface area contributed by atoms with Gasteiger partial charge in [0.15, 0.2) is 5.58 Å². The zero-order valence-corrected chi connectivity index (χ0v) is 76.1. The summed E-state index contributed by atoms with van der Waals surface area (Å²) in [5.41, 5.74) is 27.7. The van der Waals surface area contributed by atoms with Gasteiger partial charge in [0.1, 0.15) is 46.0 Å². The van der Waals surface area contributed by atoms with E-state index < -0.39 is 0 Å². The number of rotatable bonds is 16. The molecule has 2 aliphatic heterocycles. The van der Waals surface area contributed by atoms with E-state index in [2.05, 4.69) is 375 Å². The van der Waals surface area contributed by atoms with E-state index in [4.69, 9.17) is 23.9 Å². The largest absolute Gasteiger partial charge is 0.456 e. The van der Waals surface area contributed by atoms with Crippen LogP contribution in [0.3, 0.4) is 0 Å². The summed E-state index contributed by atoms with van der Waals surface area (Å²) < 4.78 is 38.7. The van der Waals surface area contributed by atoms with E-state index in [0.717, 1.165) is 245 Å². The molecule has 138 heavy (non-hydrogen) atoms. The third kappa shape index (κ3) is 14.2. The predicted molar refractivity (Wildman–Crippen MR) is 571 cm³/mol. The molecular weight excluding hydrogens is 1690 g/mol. The van der Waals surface area contributed by atoms with Gasteiger partial charge in [-0.25, -0.2) is 14.4 Å². The van der Waals surface area contributed by atoms with Gasteiger partial charge >= 0.3 is 0 Å². The molecule has 0 amide bonds. The van der Waals surface area contributed by atoms with Crippen molar-refractivity contribution in [3.63, 3.8) is 0 Å². The number of aromatic nitrogens is 2. The van der Waals surface area contributed by atoms with E-state index in [0.29, 0.717) is 5.69 Å². The van der Waals surface area contributed by atoms with E-state index >= 15 is 4.39 Å². The Labute approximate surface area is 798 Å². The van der Waals surface area contributed by atoms with Crippen molar-refractivity contribution in [2.24, 2.45) is 0 Å². The molecule has 0 radical (unpaired) electrons. The Morgan fingerprint density at radius 2 is 0.623 bits per heavy atom. The SMILES string of the molecule is Cc1ccc2c(N(c3ccccc3)c3c(F)cc(-c4ccccc4)cc3-c3ccccc3)cc3c4cc(C)cc5c4c(cc3c2c1)-c1ccc(N(c2ccccn2)c2ccccc2-c2ccccc2)cc1O5.Cc1ccc2c(N(c3ccccc3)c3cccc4c3oc3ccccc34)cc3c4cc(C)cc5c4c(cc3c2c1)-c1ccc(N(c2ccccn2)c2ccccc2-c2ccccc2)cc1O5. The number of anilines is 12. The second-order valence-corrected chi connectivity index (χ2v) is 35.9. The molecule has 0 atom stereocenters. The van der Waals surface area contributed by atoms with Crippen molar-refractivity contribution in [2.45, 2.75) is 27.7 Å². The molecule has 5 heterocycles. The number of halogens is 1. The smallest absolute Gasteiger partial charge is 0.159 e. The van der Waals surface area contributed by atoms with Crippen LogP contribution in [-0.2, 0) is 0 Å². The van der Waals surface area contributed by atoms with Crippen LogP contribution in [0.25, 0.3) is 153 Å². The highest BCUT2D eigenvalue weighted by molar-refractivity contribution is 6.29. The quantitative estimate of drug-likeness (QED) is 0.0880. The molecule has 0 aliphatic carbocycles. The van der Waals surface area contributed by atoms with Gasteiger partial charge in [-0.2, -0.15) is 0 Å². The van der Waals surface area contributed by atoms with Crippen molar-refractivity contribution in [2.75, 3.05) is 19.6 Å². The topological polar surface area (TPSA) is 70.3 Å². The van der Waals surface area contributed by atoms with Crippen LogP contribution in [0.5, 0.6) is 23.0 Å². The molecule has 26 rings (SSSR count). The van der Waals surface area contributed by atoms with Crippen LogP contribution < -0.4 is 29.1 Å². The lowest BCUT2D eigenvalue weighted by Gasteiger charge is -2.31. The first-order valence-electron chi connectivity index (χ1n) is 46.8. The summed E-state index contributed by atoms with van der Waals surface area (Å²) in [6.07, 6.45) is 3.69. The zero-order chi connectivity index (χ0) is 92.2. The molecule has 0 saturated heterocycles. The molecule has 10 heteroatoms. The maximum Gasteiger partial charge on any atom is 0.159 e. The highest BCUT2D eigenvalue weighted by Gasteiger charge is 2.33. The predicted octanol–water partition coefficient (Wildman–Crippen LogP) is 36.4. The summed E-state index contributed by atoms with van der Waals surface area (Å²) >= 11 is 0. The monoisotopic (exact) mass is 1770 g/mol. The summed E-state index contributed by atoms with van der Waals surface area (Å²) in [7, 11) is 0. The van der Waals surface area contributed by atoms with Crippen molar-refractivity contribution in [3.05, 3.63) is 483 Å². The molecule has 0 unspecified atom stereocenters. The highest BCUT2D eigenvalue weighted by atomic mass is 19.1. The number of nitrogens with zero attached hydrogens (tertiary/aromatic N) is 6. The van der Waals surface area contributed by atoms with Crippen LogP contribution in [0.2, 0.25) is 0 Å². The number of pyridine rings is 2. The molecule has 0 fully saturated rings. The average Bonchev–Trinajstić information content (AvgIpc) is 1.00. The fourth-order valence-electron chi connectivity index (χ4n) is 21.0. The first-order valence-corrected chi connectivity index (χ1v) is 46.8. The second kappa shape index (κ2) is 33.9. The van der Waals surface area contributed by atoms with E-state index in [9.17, 15) is 0 Å². The Kier molecular flexibility index (Phi) is 20.2. The van der Waals surface area contributed by atoms with Gasteiger partial charge in [0.2, 0.25) is 0 Å². The lowest BCUT2D eigenvalue weighted by molar-refractivity contribution is 0.486. The molecule has 0 bridgehead atoms. The molecule has 9 nitrogen and oxygen atoms in total. The molecule has 21 aromatic carbocycles. The number of fused-ring (bicyclic) bond motifs is 15. The molecule has 0 N–H and O–H groups in total. The van der Waals surface area contributed by atoms with Gasteiger partial charge in [0, 0.05) is 96.0 Å². The number of hydrogen-bond acceptors (Lipinski definition) is 9. The molecule has 654 valence electrons. The van der Waals surface area contributed by atoms with Crippen LogP contribution in [0.1, 0.15) is 22.3 Å². The normalized spacial score (nSPS) is 11.8. The van der Waals surface area contributed by atoms with E-state index in [1.165, 1.54) is 16.3 Å². The zero-order valence-electron chi connectivity index (χ0n) is 76.1. The number of para-hydroxylation sites is 6. The lowest BCUT2D eigenvalue weighted by atomic mass is 9.87. The molecule has 2 aliphatic rings. The van der Waals surface area contributed by atoms with Crippen LogP contribution in [0, 0.1) is 33.5 Å². The van der Waals surface area contributed by atoms with Gasteiger partial charge in [0.05, 0.1) is 45.5 Å². The minimum atomic E-state index is -0.318. The van der Waals surface area contributed by atoms with Crippen LogP contribution in [0.4, 0.5) is 72.9 Å². The van der Waals surface area contributed by atoms with Gasteiger partial charge in [-0.15, -0.1) is 0 Å². The fraction of sp³-hybridized carbons (Fsp3) is 0.0312. The van der Waals surface area contributed by atoms with Gasteiger partial charge in [0.25, 0.3) is 0 Å². The lowest BCUT2D eigenvalue weighted by Crippen LogP contribution is -2.14. The molecule has 24 aromatic rings. The van der Waals surface area contributed by atoms with Crippen molar-refractivity contribution < 1.29 is 18.3 Å². The van der Waals surface area contributed by atoms with Gasteiger partial charge < -0.3 is 23.7 Å². The molecule has 0 saturated carbocycles. The summed E-state index contributed by atoms with van der Waals surface area (Å²) in [5.74, 6) is 4.50. The summed E-state index contributed by atoms with van der Waals surface area (Å²) in [5, 5.41) is 15.5. The first kappa shape index (κ1) is 82.0. The number of hydrogen-bond donors (Lipinski definition) is 0. The third-order valence-electron chi connectivity index (χ3n) is 27.1.